The molecule has 2 heterocycles. The van der Waals surface area contributed by atoms with Crippen molar-refractivity contribution in [3.05, 3.63) is 45.5 Å². The van der Waals surface area contributed by atoms with Gasteiger partial charge in [0.1, 0.15) is 17.0 Å². The lowest BCUT2D eigenvalue weighted by Gasteiger charge is -2.22. The SMILES string of the molecule is COCCNCCC1CCc2c(sc3ncnc(Nc4cccc(Br)c4)c23)C1. The van der Waals surface area contributed by atoms with E-state index in [-0.39, 0.29) is 0 Å². The molecule has 0 amide bonds. The molecule has 7 heteroatoms. The number of fused-ring (bicyclic) bond motifs is 3. The molecule has 3 aromatic rings. The van der Waals surface area contributed by atoms with Crippen molar-refractivity contribution < 1.29 is 4.74 Å². The predicted molar refractivity (Wildman–Crippen MR) is 120 cm³/mol. The Morgan fingerprint density at radius 1 is 1.29 bits per heavy atom. The average Bonchev–Trinajstić information content (AvgIpc) is 3.06. The molecule has 0 saturated heterocycles. The average molecular weight is 461 g/mol. The summed E-state index contributed by atoms with van der Waals surface area (Å²) in [5.41, 5.74) is 2.48. The summed E-state index contributed by atoms with van der Waals surface area (Å²) in [6.45, 7) is 2.76. The van der Waals surface area contributed by atoms with Gasteiger partial charge in [0.15, 0.2) is 0 Å². The summed E-state index contributed by atoms with van der Waals surface area (Å²) in [4.78, 5) is 11.7. The van der Waals surface area contributed by atoms with Crippen molar-refractivity contribution in [2.75, 3.05) is 32.1 Å². The standard InChI is InChI=1S/C21H25BrN4OS/c1-27-10-9-23-8-7-14-5-6-17-18(11-14)28-21-19(17)20(24-13-25-21)26-16-4-2-3-15(22)12-16/h2-4,12-14,23H,5-11H2,1H3,(H,24,25,26). The van der Waals surface area contributed by atoms with Gasteiger partial charge in [-0.3, -0.25) is 0 Å². The van der Waals surface area contributed by atoms with Crippen molar-refractivity contribution in [2.24, 2.45) is 5.92 Å². The van der Waals surface area contributed by atoms with Crippen molar-refractivity contribution in [1.29, 1.82) is 0 Å². The molecule has 1 atom stereocenters. The van der Waals surface area contributed by atoms with Crippen LogP contribution in [0.4, 0.5) is 11.5 Å². The molecular weight excluding hydrogens is 436 g/mol. The lowest BCUT2D eigenvalue weighted by molar-refractivity contribution is 0.198. The van der Waals surface area contributed by atoms with Crippen LogP contribution < -0.4 is 10.6 Å². The number of halogens is 1. The third-order valence-corrected chi connectivity index (χ3v) is 6.90. The van der Waals surface area contributed by atoms with Crippen LogP contribution in [0.15, 0.2) is 35.1 Å². The lowest BCUT2D eigenvalue weighted by Crippen LogP contribution is -2.24. The first-order valence-corrected chi connectivity index (χ1v) is 11.3. The van der Waals surface area contributed by atoms with Gasteiger partial charge >= 0.3 is 0 Å². The van der Waals surface area contributed by atoms with Gasteiger partial charge in [0.2, 0.25) is 0 Å². The smallest absolute Gasteiger partial charge is 0.142 e. The van der Waals surface area contributed by atoms with Gasteiger partial charge in [-0.2, -0.15) is 0 Å². The highest BCUT2D eigenvalue weighted by molar-refractivity contribution is 9.10. The largest absolute Gasteiger partial charge is 0.383 e. The number of thiophene rings is 1. The van der Waals surface area contributed by atoms with Crippen molar-refractivity contribution in [3.63, 3.8) is 0 Å². The zero-order chi connectivity index (χ0) is 19.3. The summed E-state index contributed by atoms with van der Waals surface area (Å²) < 4.78 is 6.14. The molecular formula is C21H25BrN4OS. The van der Waals surface area contributed by atoms with Gasteiger partial charge in [0.05, 0.1) is 12.0 Å². The molecule has 28 heavy (non-hydrogen) atoms. The molecule has 4 rings (SSSR count). The molecule has 2 N–H and O–H groups in total. The molecule has 2 aromatic heterocycles. The van der Waals surface area contributed by atoms with Crippen LogP contribution in [0, 0.1) is 5.92 Å². The third-order valence-electron chi connectivity index (χ3n) is 5.25. The number of hydrogen-bond donors (Lipinski definition) is 2. The monoisotopic (exact) mass is 460 g/mol. The van der Waals surface area contributed by atoms with Crippen LogP contribution in [-0.4, -0.2) is 36.8 Å². The van der Waals surface area contributed by atoms with Gasteiger partial charge in [-0.05, 0) is 61.9 Å². The van der Waals surface area contributed by atoms with E-state index in [4.69, 9.17) is 4.74 Å². The fraction of sp³-hybridized carbons (Fsp3) is 0.429. The van der Waals surface area contributed by atoms with E-state index in [1.54, 1.807) is 13.4 Å². The van der Waals surface area contributed by atoms with E-state index < -0.39 is 0 Å². The highest BCUT2D eigenvalue weighted by Gasteiger charge is 2.25. The number of ether oxygens (including phenoxy) is 1. The number of aryl methyl sites for hydroxylation is 1. The van der Waals surface area contributed by atoms with Crippen LogP contribution in [0.1, 0.15) is 23.3 Å². The van der Waals surface area contributed by atoms with Crippen molar-refractivity contribution in [3.8, 4) is 0 Å². The minimum atomic E-state index is 0.741. The first kappa shape index (κ1) is 19.8. The molecule has 0 bridgehead atoms. The van der Waals surface area contributed by atoms with Crippen molar-refractivity contribution in [1.82, 2.24) is 15.3 Å². The lowest BCUT2D eigenvalue weighted by atomic mass is 9.86. The molecule has 1 aliphatic carbocycles. The quantitative estimate of drug-likeness (QED) is 0.466. The Morgan fingerprint density at radius 3 is 3.07 bits per heavy atom. The second-order valence-corrected chi connectivity index (χ2v) is 9.18. The minimum absolute atomic E-state index is 0.741. The number of rotatable bonds is 8. The van der Waals surface area contributed by atoms with Gasteiger partial charge in [-0.15, -0.1) is 11.3 Å². The predicted octanol–water partition coefficient (Wildman–Crippen LogP) is 4.93. The van der Waals surface area contributed by atoms with Gasteiger partial charge < -0.3 is 15.4 Å². The Labute approximate surface area is 178 Å². The van der Waals surface area contributed by atoms with Gasteiger partial charge in [0.25, 0.3) is 0 Å². The van der Waals surface area contributed by atoms with E-state index in [0.717, 1.165) is 59.3 Å². The first-order chi connectivity index (χ1) is 13.7. The number of methoxy groups -OCH3 is 1. The number of nitrogens with one attached hydrogen (secondary N) is 2. The molecule has 0 saturated carbocycles. The summed E-state index contributed by atoms with van der Waals surface area (Å²) in [7, 11) is 1.74. The molecule has 1 aliphatic rings. The number of nitrogens with zero attached hydrogens (tertiary/aromatic N) is 2. The maximum Gasteiger partial charge on any atom is 0.142 e. The van der Waals surface area contributed by atoms with Crippen LogP contribution >= 0.6 is 27.3 Å². The summed E-state index contributed by atoms with van der Waals surface area (Å²) >= 11 is 5.37. The van der Waals surface area contributed by atoms with Gasteiger partial charge in [-0.1, -0.05) is 22.0 Å². The number of benzene rings is 1. The highest BCUT2D eigenvalue weighted by Crippen LogP contribution is 2.41. The van der Waals surface area contributed by atoms with Crippen molar-refractivity contribution in [2.45, 2.75) is 25.7 Å². The van der Waals surface area contributed by atoms with E-state index in [9.17, 15) is 0 Å². The molecule has 148 valence electrons. The topological polar surface area (TPSA) is 59.1 Å². The van der Waals surface area contributed by atoms with Crippen LogP contribution in [0.25, 0.3) is 10.2 Å². The fourth-order valence-corrected chi connectivity index (χ4v) is 5.53. The Hall–Kier alpha value is -1.54. The second kappa shape index (κ2) is 9.31. The Bertz CT molecular complexity index is 945. The zero-order valence-electron chi connectivity index (χ0n) is 16.0. The maximum atomic E-state index is 5.09. The number of aromatic nitrogens is 2. The molecule has 0 radical (unpaired) electrons. The zero-order valence-corrected chi connectivity index (χ0v) is 18.4. The van der Waals surface area contributed by atoms with E-state index in [1.807, 2.05) is 23.5 Å². The van der Waals surface area contributed by atoms with Crippen LogP contribution in [-0.2, 0) is 17.6 Å². The molecule has 0 spiro atoms. The van der Waals surface area contributed by atoms with Gasteiger partial charge in [-0.25, -0.2) is 9.97 Å². The molecule has 1 aromatic carbocycles. The van der Waals surface area contributed by atoms with Crippen LogP contribution in [0.3, 0.4) is 0 Å². The highest BCUT2D eigenvalue weighted by atomic mass is 79.9. The summed E-state index contributed by atoms with van der Waals surface area (Å²) in [6.07, 6.45) is 6.38. The Balaban J connectivity index is 1.50. The summed E-state index contributed by atoms with van der Waals surface area (Å²) in [5, 5.41) is 8.17. The molecule has 0 aliphatic heterocycles. The van der Waals surface area contributed by atoms with Gasteiger partial charge in [0, 0.05) is 28.7 Å². The Morgan fingerprint density at radius 2 is 2.21 bits per heavy atom. The van der Waals surface area contributed by atoms with Crippen LogP contribution in [0.2, 0.25) is 0 Å². The summed E-state index contributed by atoms with van der Waals surface area (Å²) in [5.74, 6) is 1.66. The van der Waals surface area contributed by atoms with E-state index >= 15 is 0 Å². The molecule has 0 fully saturated rings. The van der Waals surface area contributed by atoms with E-state index in [2.05, 4.69) is 48.7 Å². The molecule has 5 nitrogen and oxygen atoms in total. The Kier molecular flexibility index (Phi) is 6.57. The number of anilines is 2. The van der Waals surface area contributed by atoms with Crippen molar-refractivity contribution >= 4 is 49.0 Å². The maximum absolute atomic E-state index is 5.09. The fourth-order valence-electron chi connectivity index (χ4n) is 3.83. The normalized spacial score (nSPS) is 16.3. The third kappa shape index (κ3) is 4.54. The minimum Gasteiger partial charge on any atom is -0.383 e. The van der Waals surface area contributed by atoms with Crippen LogP contribution in [0.5, 0.6) is 0 Å². The number of hydrogen-bond acceptors (Lipinski definition) is 6. The summed E-state index contributed by atoms with van der Waals surface area (Å²) in [6, 6.07) is 8.18. The first-order valence-electron chi connectivity index (χ1n) is 9.72. The van der Waals surface area contributed by atoms with E-state index in [1.165, 1.54) is 28.7 Å². The second-order valence-electron chi connectivity index (χ2n) is 7.18. The molecule has 1 unspecified atom stereocenters. The van der Waals surface area contributed by atoms with E-state index in [0.29, 0.717) is 0 Å².